The van der Waals surface area contributed by atoms with Gasteiger partial charge in [-0.15, -0.1) is 6.58 Å². The number of carbonyl (C=O) groups excluding carboxylic acids is 1. The SMILES string of the molecule is C=C[C@@H]([C@@H]1OC(C)(C)O[C@H]1CCCCCCCCCCCCCC)N(Cc1ccccc1)C(=O)OCc1ccccc1. The van der Waals surface area contributed by atoms with E-state index in [2.05, 4.69) is 13.5 Å². The summed E-state index contributed by atoms with van der Waals surface area (Å²) in [5.74, 6) is -0.722. The van der Waals surface area contributed by atoms with Crippen LogP contribution in [0.15, 0.2) is 73.3 Å². The van der Waals surface area contributed by atoms with E-state index in [-0.39, 0.29) is 24.9 Å². The minimum atomic E-state index is -0.722. The normalized spacial score (nSPS) is 18.5. The Morgan fingerprint density at radius 1 is 0.833 bits per heavy atom. The van der Waals surface area contributed by atoms with Crippen LogP contribution in [0, 0.1) is 0 Å². The topological polar surface area (TPSA) is 48.0 Å². The summed E-state index contributed by atoms with van der Waals surface area (Å²) in [7, 11) is 0. The van der Waals surface area contributed by atoms with Crippen molar-refractivity contribution < 1.29 is 19.0 Å². The average Bonchev–Trinajstić information content (AvgIpc) is 3.31. The molecule has 1 saturated heterocycles. The highest BCUT2D eigenvalue weighted by Crippen LogP contribution is 2.35. The number of hydrogen-bond donors (Lipinski definition) is 0. The third-order valence-electron chi connectivity index (χ3n) is 8.14. The van der Waals surface area contributed by atoms with Gasteiger partial charge in [-0.3, -0.25) is 4.90 Å². The minimum absolute atomic E-state index is 0.119. The second kappa shape index (κ2) is 18.8. The number of hydrogen-bond acceptors (Lipinski definition) is 4. The number of carbonyl (C=O) groups is 1. The van der Waals surface area contributed by atoms with Gasteiger partial charge in [0.1, 0.15) is 12.7 Å². The summed E-state index contributed by atoms with van der Waals surface area (Å²) >= 11 is 0. The Labute approximate surface area is 255 Å². The van der Waals surface area contributed by atoms with Crippen LogP contribution in [0.25, 0.3) is 0 Å². The van der Waals surface area contributed by atoms with E-state index >= 15 is 0 Å². The molecule has 1 heterocycles. The predicted octanol–water partition coefficient (Wildman–Crippen LogP) is 9.99. The molecule has 0 radical (unpaired) electrons. The van der Waals surface area contributed by atoms with E-state index in [0.29, 0.717) is 6.54 Å². The van der Waals surface area contributed by atoms with Crippen LogP contribution in [-0.2, 0) is 27.4 Å². The summed E-state index contributed by atoms with van der Waals surface area (Å²) < 4.78 is 18.7. The maximum absolute atomic E-state index is 13.6. The van der Waals surface area contributed by atoms with Crippen molar-refractivity contribution in [2.24, 2.45) is 0 Å². The Bertz CT molecular complexity index is 1010. The van der Waals surface area contributed by atoms with E-state index in [1.807, 2.05) is 80.6 Å². The van der Waals surface area contributed by atoms with Gasteiger partial charge in [-0.2, -0.15) is 0 Å². The molecule has 0 saturated carbocycles. The zero-order valence-corrected chi connectivity index (χ0v) is 26.5. The van der Waals surface area contributed by atoms with E-state index in [1.54, 1.807) is 4.90 Å². The summed E-state index contributed by atoms with van der Waals surface area (Å²) in [5.41, 5.74) is 1.98. The van der Waals surface area contributed by atoms with Crippen molar-refractivity contribution in [3.8, 4) is 0 Å². The van der Waals surface area contributed by atoms with Crippen LogP contribution in [0.3, 0.4) is 0 Å². The second-order valence-electron chi connectivity index (χ2n) is 12.2. The third kappa shape index (κ3) is 11.9. The quantitative estimate of drug-likeness (QED) is 0.116. The molecular weight excluding hydrogens is 522 g/mol. The van der Waals surface area contributed by atoms with Gasteiger partial charge in [0, 0.05) is 6.54 Å². The minimum Gasteiger partial charge on any atom is -0.445 e. The van der Waals surface area contributed by atoms with Crippen LogP contribution < -0.4 is 0 Å². The van der Waals surface area contributed by atoms with Gasteiger partial charge in [0.15, 0.2) is 5.79 Å². The van der Waals surface area contributed by atoms with Gasteiger partial charge >= 0.3 is 6.09 Å². The molecule has 42 heavy (non-hydrogen) atoms. The molecule has 0 spiro atoms. The van der Waals surface area contributed by atoms with E-state index < -0.39 is 11.8 Å². The summed E-state index contributed by atoms with van der Waals surface area (Å²) in [6, 6.07) is 19.4. The van der Waals surface area contributed by atoms with Crippen molar-refractivity contribution in [3.63, 3.8) is 0 Å². The highest BCUT2D eigenvalue weighted by Gasteiger charge is 2.46. The Hall–Kier alpha value is -2.63. The van der Waals surface area contributed by atoms with Gasteiger partial charge in [0.2, 0.25) is 0 Å². The standard InChI is InChI=1S/C37H55NO4/c1-5-7-8-9-10-11-12-13-14-15-16-23-28-34-35(42-37(3,4)41-34)33(6-2)38(29-31-24-19-17-20-25-31)36(39)40-30-32-26-21-18-22-27-32/h6,17-22,24-27,33-35H,2,5,7-16,23,28-30H2,1,3-4H3/t33-,34-,35-/m0/s1. The van der Waals surface area contributed by atoms with Crippen molar-refractivity contribution in [3.05, 3.63) is 84.4 Å². The van der Waals surface area contributed by atoms with E-state index in [0.717, 1.165) is 24.0 Å². The first-order valence-electron chi connectivity index (χ1n) is 16.4. The van der Waals surface area contributed by atoms with Crippen LogP contribution in [0.1, 0.15) is 115 Å². The predicted molar refractivity (Wildman–Crippen MR) is 172 cm³/mol. The summed E-state index contributed by atoms with van der Waals surface area (Å²) in [4.78, 5) is 15.3. The molecule has 2 aromatic carbocycles. The zero-order valence-electron chi connectivity index (χ0n) is 26.5. The van der Waals surface area contributed by atoms with Crippen LogP contribution in [0.4, 0.5) is 4.79 Å². The van der Waals surface area contributed by atoms with Crippen molar-refractivity contribution in [1.82, 2.24) is 4.90 Å². The summed E-state index contributed by atoms with van der Waals surface area (Å²) in [5, 5.41) is 0. The van der Waals surface area contributed by atoms with Gasteiger partial charge in [0.05, 0.1) is 12.1 Å². The molecule has 0 aromatic heterocycles. The second-order valence-corrected chi connectivity index (χ2v) is 12.2. The molecule has 232 valence electrons. The molecule has 2 aromatic rings. The molecule has 1 amide bonds. The molecule has 3 atom stereocenters. The molecule has 0 N–H and O–H groups in total. The number of ether oxygens (including phenoxy) is 3. The van der Waals surface area contributed by atoms with Gasteiger partial charge in [0.25, 0.3) is 0 Å². The number of amides is 1. The molecule has 0 bridgehead atoms. The highest BCUT2D eigenvalue weighted by atomic mass is 16.8. The molecule has 0 unspecified atom stereocenters. The zero-order chi connectivity index (χ0) is 30.0. The van der Waals surface area contributed by atoms with Crippen LogP contribution in [0.5, 0.6) is 0 Å². The highest BCUT2D eigenvalue weighted by molar-refractivity contribution is 5.68. The Morgan fingerprint density at radius 2 is 1.36 bits per heavy atom. The Balaban J connectivity index is 1.55. The fourth-order valence-corrected chi connectivity index (χ4v) is 5.88. The van der Waals surface area contributed by atoms with Crippen LogP contribution in [0.2, 0.25) is 0 Å². The maximum atomic E-state index is 13.6. The Morgan fingerprint density at radius 3 is 1.90 bits per heavy atom. The molecule has 1 fully saturated rings. The molecule has 3 rings (SSSR count). The number of unbranched alkanes of at least 4 members (excludes halogenated alkanes) is 11. The van der Waals surface area contributed by atoms with E-state index in [1.165, 1.54) is 70.6 Å². The summed E-state index contributed by atoms with van der Waals surface area (Å²) in [6.45, 7) is 10.9. The maximum Gasteiger partial charge on any atom is 0.410 e. The van der Waals surface area contributed by atoms with Gasteiger partial charge in [-0.1, -0.05) is 151 Å². The smallest absolute Gasteiger partial charge is 0.410 e. The van der Waals surface area contributed by atoms with Crippen molar-refractivity contribution >= 4 is 6.09 Å². The van der Waals surface area contributed by atoms with Gasteiger partial charge in [-0.25, -0.2) is 4.79 Å². The first kappa shape index (κ1) is 33.9. The molecule has 0 aliphatic carbocycles. The summed E-state index contributed by atoms with van der Waals surface area (Å²) in [6.07, 6.45) is 17.7. The molecule has 1 aliphatic heterocycles. The molecule has 5 nitrogen and oxygen atoms in total. The van der Waals surface area contributed by atoms with Gasteiger partial charge in [-0.05, 0) is 31.4 Å². The average molecular weight is 578 g/mol. The van der Waals surface area contributed by atoms with Crippen molar-refractivity contribution in [1.29, 1.82) is 0 Å². The number of nitrogens with zero attached hydrogens (tertiary/aromatic N) is 1. The fourth-order valence-electron chi connectivity index (χ4n) is 5.88. The lowest BCUT2D eigenvalue weighted by Crippen LogP contribution is -2.49. The van der Waals surface area contributed by atoms with Crippen molar-refractivity contribution in [2.45, 2.75) is 141 Å². The van der Waals surface area contributed by atoms with Crippen LogP contribution >= 0.6 is 0 Å². The van der Waals surface area contributed by atoms with Crippen molar-refractivity contribution in [2.75, 3.05) is 0 Å². The lowest BCUT2D eigenvalue weighted by molar-refractivity contribution is -0.150. The van der Waals surface area contributed by atoms with Gasteiger partial charge < -0.3 is 14.2 Å². The molecule has 1 aliphatic rings. The Kier molecular flexibility index (Phi) is 15.2. The lowest BCUT2D eigenvalue weighted by Gasteiger charge is -2.34. The monoisotopic (exact) mass is 577 g/mol. The largest absolute Gasteiger partial charge is 0.445 e. The number of benzene rings is 2. The fraction of sp³-hybridized carbons (Fsp3) is 0.595. The van der Waals surface area contributed by atoms with E-state index in [4.69, 9.17) is 14.2 Å². The lowest BCUT2D eigenvalue weighted by atomic mass is 9.98. The third-order valence-corrected chi connectivity index (χ3v) is 8.14. The van der Waals surface area contributed by atoms with Crippen LogP contribution in [-0.4, -0.2) is 35.0 Å². The molecular formula is C37H55NO4. The first-order chi connectivity index (χ1) is 20.4. The first-order valence-corrected chi connectivity index (χ1v) is 16.4. The number of rotatable bonds is 20. The van der Waals surface area contributed by atoms with E-state index in [9.17, 15) is 4.79 Å². The molecule has 5 heteroatoms.